The molecule has 0 amide bonds. The largest absolute Gasteiger partial charge is 0.373 e. The van der Waals surface area contributed by atoms with Crippen molar-refractivity contribution in [3.05, 3.63) is 11.6 Å². The monoisotopic (exact) mass is 264 g/mol. The van der Waals surface area contributed by atoms with Gasteiger partial charge >= 0.3 is 0 Å². The van der Waals surface area contributed by atoms with Crippen LogP contribution in [0.3, 0.4) is 0 Å². The van der Waals surface area contributed by atoms with Gasteiger partial charge in [-0.1, -0.05) is 24.5 Å². The summed E-state index contributed by atoms with van der Waals surface area (Å²) >= 11 is 0. The molecule has 3 atom stereocenters. The molecule has 3 rings (SSSR count). The van der Waals surface area contributed by atoms with Gasteiger partial charge in [0.25, 0.3) is 0 Å². The number of nitrogens with zero attached hydrogens (tertiary/aromatic N) is 1. The van der Waals surface area contributed by atoms with E-state index in [-0.39, 0.29) is 12.1 Å². The third-order valence-corrected chi connectivity index (χ3v) is 5.07. The molecule has 1 aliphatic carbocycles. The van der Waals surface area contributed by atoms with Crippen LogP contribution in [0.4, 0.5) is 0 Å². The van der Waals surface area contributed by atoms with Gasteiger partial charge in [-0.05, 0) is 45.1 Å². The maximum absolute atomic E-state index is 6.51. The Morgan fingerprint density at radius 2 is 2.11 bits per heavy atom. The Morgan fingerprint density at radius 1 is 1.21 bits per heavy atom. The van der Waals surface area contributed by atoms with Crippen LogP contribution >= 0.6 is 0 Å². The molecule has 2 saturated heterocycles. The first-order valence-electron chi connectivity index (χ1n) is 8.15. The van der Waals surface area contributed by atoms with Gasteiger partial charge in [0, 0.05) is 12.6 Å². The molecule has 2 aliphatic heterocycles. The SMILES string of the molecule is NC(C1=CCCCCCC1)C1CN2CCCC2CO1. The lowest BCUT2D eigenvalue weighted by Gasteiger charge is -2.38. The molecule has 0 radical (unpaired) electrons. The first kappa shape index (κ1) is 13.6. The second-order valence-electron chi connectivity index (χ2n) is 6.42. The highest BCUT2D eigenvalue weighted by Gasteiger charge is 2.35. The summed E-state index contributed by atoms with van der Waals surface area (Å²) in [6.45, 7) is 3.19. The topological polar surface area (TPSA) is 38.5 Å². The average Bonchev–Trinajstić information content (AvgIpc) is 2.84. The van der Waals surface area contributed by atoms with Gasteiger partial charge in [0.15, 0.2) is 0 Å². The maximum Gasteiger partial charge on any atom is 0.0891 e. The van der Waals surface area contributed by atoms with E-state index in [1.165, 1.54) is 63.5 Å². The van der Waals surface area contributed by atoms with Gasteiger partial charge in [-0.2, -0.15) is 0 Å². The lowest BCUT2D eigenvalue weighted by Crippen LogP contribution is -2.53. The normalized spacial score (nSPS) is 35.1. The molecular formula is C16H28N2O. The molecule has 0 spiro atoms. The molecule has 0 aromatic rings. The molecule has 2 heterocycles. The third kappa shape index (κ3) is 3.21. The summed E-state index contributed by atoms with van der Waals surface area (Å²) in [4.78, 5) is 2.59. The Morgan fingerprint density at radius 3 is 3.05 bits per heavy atom. The molecule has 108 valence electrons. The van der Waals surface area contributed by atoms with Gasteiger partial charge in [-0.15, -0.1) is 0 Å². The van der Waals surface area contributed by atoms with Crippen LogP contribution in [-0.4, -0.2) is 42.8 Å². The first-order chi connectivity index (χ1) is 9.34. The van der Waals surface area contributed by atoms with E-state index in [9.17, 15) is 0 Å². The predicted molar refractivity (Wildman–Crippen MR) is 78.1 cm³/mol. The minimum atomic E-state index is 0.125. The van der Waals surface area contributed by atoms with Gasteiger partial charge < -0.3 is 10.5 Å². The number of hydrogen-bond acceptors (Lipinski definition) is 3. The van der Waals surface area contributed by atoms with E-state index in [1.807, 2.05) is 0 Å². The molecule has 0 aromatic heterocycles. The van der Waals surface area contributed by atoms with Gasteiger partial charge in [-0.25, -0.2) is 0 Å². The van der Waals surface area contributed by atoms with Crippen LogP contribution in [0.2, 0.25) is 0 Å². The number of nitrogens with two attached hydrogens (primary N) is 1. The third-order valence-electron chi connectivity index (χ3n) is 5.07. The van der Waals surface area contributed by atoms with E-state index >= 15 is 0 Å². The number of rotatable bonds is 2. The molecule has 0 bridgehead atoms. The zero-order valence-corrected chi connectivity index (χ0v) is 12.0. The van der Waals surface area contributed by atoms with Crippen LogP contribution in [0.25, 0.3) is 0 Å². The van der Waals surface area contributed by atoms with Crippen molar-refractivity contribution in [1.29, 1.82) is 0 Å². The zero-order chi connectivity index (χ0) is 13.1. The lowest BCUT2D eigenvalue weighted by atomic mass is 9.92. The Kier molecular flexibility index (Phi) is 4.57. The van der Waals surface area contributed by atoms with Crippen LogP contribution in [0.5, 0.6) is 0 Å². The van der Waals surface area contributed by atoms with Gasteiger partial charge in [0.1, 0.15) is 0 Å². The van der Waals surface area contributed by atoms with Crippen molar-refractivity contribution in [2.24, 2.45) is 5.73 Å². The standard InChI is InChI=1S/C16H28N2O/c17-16(13-7-4-2-1-3-5-8-13)15-11-18-10-6-9-14(18)12-19-15/h7,14-16H,1-6,8-12,17H2. The van der Waals surface area contributed by atoms with Crippen molar-refractivity contribution in [2.45, 2.75) is 69.6 Å². The van der Waals surface area contributed by atoms with E-state index < -0.39 is 0 Å². The Labute approximate surface area is 117 Å². The van der Waals surface area contributed by atoms with Crippen molar-refractivity contribution in [2.75, 3.05) is 19.7 Å². The fourth-order valence-electron chi connectivity index (χ4n) is 3.82. The molecular weight excluding hydrogens is 236 g/mol. The fourth-order valence-corrected chi connectivity index (χ4v) is 3.82. The van der Waals surface area contributed by atoms with Crippen molar-refractivity contribution in [3.8, 4) is 0 Å². The average molecular weight is 264 g/mol. The summed E-state index contributed by atoms with van der Waals surface area (Å²) in [5, 5.41) is 0. The van der Waals surface area contributed by atoms with Crippen LogP contribution in [0, 0.1) is 0 Å². The van der Waals surface area contributed by atoms with E-state index in [4.69, 9.17) is 10.5 Å². The molecule has 19 heavy (non-hydrogen) atoms. The van der Waals surface area contributed by atoms with Crippen LogP contribution in [-0.2, 0) is 4.74 Å². The summed E-state index contributed by atoms with van der Waals surface area (Å²) in [5.41, 5.74) is 7.97. The highest BCUT2D eigenvalue weighted by atomic mass is 16.5. The molecule has 0 saturated carbocycles. The first-order valence-corrected chi connectivity index (χ1v) is 8.15. The van der Waals surface area contributed by atoms with Crippen LogP contribution < -0.4 is 5.73 Å². The Balaban J connectivity index is 1.60. The smallest absolute Gasteiger partial charge is 0.0891 e. The second kappa shape index (κ2) is 6.38. The summed E-state index contributed by atoms with van der Waals surface area (Å²) in [6.07, 6.45) is 13.0. The lowest BCUT2D eigenvalue weighted by molar-refractivity contribution is -0.0547. The summed E-state index contributed by atoms with van der Waals surface area (Å²) in [6, 6.07) is 0.800. The molecule has 2 fully saturated rings. The summed E-state index contributed by atoms with van der Waals surface area (Å²) < 4.78 is 6.07. The summed E-state index contributed by atoms with van der Waals surface area (Å²) in [7, 11) is 0. The van der Waals surface area contributed by atoms with E-state index in [0.717, 1.165) is 13.2 Å². The quantitative estimate of drug-likeness (QED) is 0.779. The van der Waals surface area contributed by atoms with Gasteiger partial charge in [-0.3, -0.25) is 4.90 Å². The number of fused-ring (bicyclic) bond motifs is 1. The minimum Gasteiger partial charge on any atom is -0.373 e. The predicted octanol–water partition coefficient (Wildman–Crippen LogP) is 2.46. The van der Waals surface area contributed by atoms with Crippen molar-refractivity contribution < 1.29 is 4.74 Å². The highest BCUT2D eigenvalue weighted by molar-refractivity contribution is 5.14. The molecule has 3 aliphatic rings. The number of ether oxygens (including phenoxy) is 1. The molecule has 3 heteroatoms. The molecule has 2 N–H and O–H groups in total. The Bertz CT molecular complexity index is 329. The van der Waals surface area contributed by atoms with E-state index in [1.54, 1.807) is 0 Å². The molecule has 3 unspecified atom stereocenters. The molecule has 0 aromatic carbocycles. The van der Waals surface area contributed by atoms with Gasteiger partial charge in [0.2, 0.25) is 0 Å². The Hall–Kier alpha value is -0.380. The minimum absolute atomic E-state index is 0.125. The number of hydrogen-bond donors (Lipinski definition) is 1. The van der Waals surface area contributed by atoms with Crippen LogP contribution in [0.15, 0.2) is 11.6 Å². The van der Waals surface area contributed by atoms with Gasteiger partial charge in [0.05, 0.1) is 18.8 Å². The number of morpholine rings is 1. The number of allylic oxidation sites excluding steroid dienone is 1. The van der Waals surface area contributed by atoms with Crippen molar-refractivity contribution in [3.63, 3.8) is 0 Å². The van der Waals surface area contributed by atoms with Crippen LogP contribution in [0.1, 0.15) is 51.4 Å². The van der Waals surface area contributed by atoms with Crippen molar-refractivity contribution in [1.82, 2.24) is 4.90 Å². The highest BCUT2D eigenvalue weighted by Crippen LogP contribution is 2.27. The second-order valence-corrected chi connectivity index (χ2v) is 6.42. The van der Waals surface area contributed by atoms with E-state index in [0.29, 0.717) is 6.04 Å². The van der Waals surface area contributed by atoms with Crippen molar-refractivity contribution >= 4 is 0 Å². The maximum atomic E-state index is 6.51. The van der Waals surface area contributed by atoms with E-state index in [2.05, 4.69) is 11.0 Å². The molecule has 3 nitrogen and oxygen atoms in total. The fraction of sp³-hybridized carbons (Fsp3) is 0.875. The summed E-state index contributed by atoms with van der Waals surface area (Å²) in [5.74, 6) is 0. The zero-order valence-electron chi connectivity index (χ0n) is 12.0.